The predicted octanol–water partition coefficient (Wildman–Crippen LogP) is 2.75. The summed E-state index contributed by atoms with van der Waals surface area (Å²) < 4.78 is 0. The minimum Gasteiger partial charge on any atom is 0 e. The topological polar surface area (TPSA) is 0 Å². The molecule has 0 aromatic rings. The van der Waals surface area contributed by atoms with Crippen LogP contribution in [-0.4, -0.2) is 0 Å². The number of rotatable bonds is 0. The summed E-state index contributed by atoms with van der Waals surface area (Å²) in [4.78, 5) is 0. The molecule has 0 saturated heterocycles. The van der Waals surface area contributed by atoms with E-state index in [1.54, 1.807) is 0 Å². The Kier molecular flexibility index (Phi) is 8.54. The first-order chi connectivity index (χ1) is 2.00. The van der Waals surface area contributed by atoms with E-state index in [0.717, 1.165) is 0 Å². The summed E-state index contributed by atoms with van der Waals surface area (Å²) in [5.74, 6) is 0. The van der Waals surface area contributed by atoms with Gasteiger partial charge in [-0.15, -0.1) is 0 Å². The van der Waals surface area contributed by atoms with E-state index in [2.05, 4.69) is 0 Å². The molecule has 6 heavy (non-hydrogen) atoms. The van der Waals surface area contributed by atoms with Crippen molar-refractivity contribution in [3.63, 3.8) is 0 Å². The summed E-state index contributed by atoms with van der Waals surface area (Å²) in [5, 5.41) is 0. The van der Waals surface area contributed by atoms with Gasteiger partial charge >= 0.3 is 49.6 Å². The third-order valence-corrected chi connectivity index (χ3v) is 0. The zero-order valence-electron chi connectivity index (χ0n) is 2.46. The van der Waals surface area contributed by atoms with Crippen molar-refractivity contribution in [2.24, 2.45) is 0 Å². The number of halogens is 4. The molecular formula is Cl4NbTi. The first-order valence-electron chi connectivity index (χ1n) is 0.756. The van der Waals surface area contributed by atoms with E-state index in [1.807, 2.05) is 0 Å². The fourth-order valence-electron chi connectivity index (χ4n) is 0. The zero-order chi connectivity index (χ0) is 4.50. The Labute approximate surface area is 70.8 Å². The third kappa shape index (κ3) is 30.5. The van der Waals surface area contributed by atoms with Gasteiger partial charge in [0.05, 0.1) is 0 Å². The van der Waals surface area contributed by atoms with E-state index >= 15 is 0 Å². The van der Waals surface area contributed by atoms with E-state index in [0.29, 0.717) is 0 Å². The van der Waals surface area contributed by atoms with E-state index < -0.39 is 12.3 Å². The van der Waals surface area contributed by atoms with Gasteiger partial charge in [-0.25, -0.2) is 0 Å². The molecule has 0 aliphatic rings. The van der Waals surface area contributed by atoms with Crippen LogP contribution < -0.4 is 0 Å². The normalized spacial score (nSPS) is 10.0. The smallest absolute Gasteiger partial charge is 0 e. The molecule has 6 heteroatoms. The molecule has 0 N–H and O–H groups in total. The molecule has 0 nitrogen and oxygen atoms in total. The van der Waals surface area contributed by atoms with Crippen LogP contribution in [0.4, 0.5) is 0 Å². The van der Waals surface area contributed by atoms with Crippen molar-refractivity contribution in [1.82, 2.24) is 0 Å². The first kappa shape index (κ1) is 11.4. The van der Waals surface area contributed by atoms with E-state index in [4.69, 9.17) is 37.2 Å². The molecular weight excluding hydrogens is 283 g/mol. The maximum Gasteiger partial charge on any atom is 0 e. The molecule has 0 atom stereocenters. The van der Waals surface area contributed by atoms with Crippen LogP contribution >= 0.6 is 37.2 Å². The monoisotopic (exact) mass is 281 g/mol. The summed E-state index contributed by atoms with van der Waals surface area (Å²) in [6, 6.07) is 0. The third-order valence-electron chi connectivity index (χ3n) is 0. The van der Waals surface area contributed by atoms with Crippen molar-refractivity contribution in [1.29, 1.82) is 0 Å². The summed E-state index contributed by atoms with van der Waals surface area (Å²) in [7, 11) is 20.1. The van der Waals surface area contributed by atoms with Crippen LogP contribution in [0.3, 0.4) is 0 Å². The Morgan fingerprint density at radius 1 is 0.833 bits per heavy atom. The Morgan fingerprint density at radius 3 is 0.833 bits per heavy atom. The first-order valence-corrected chi connectivity index (χ1v) is 9.35. The maximum atomic E-state index is 5.01. The van der Waals surface area contributed by atoms with Gasteiger partial charge in [-0.2, -0.15) is 0 Å². The minimum absolute atomic E-state index is 0. The molecule has 0 aliphatic heterocycles. The van der Waals surface area contributed by atoms with Gasteiger partial charge in [-0.3, -0.25) is 0 Å². The average Bonchev–Trinajstić information content (AvgIpc) is 0.722. The Balaban J connectivity index is 0. The fraction of sp³-hybridized carbons (Fsp3) is 0. The second-order valence-electron chi connectivity index (χ2n) is 0.429. The molecule has 0 unspecified atom stereocenters. The SMILES string of the molecule is [Cl][Ti]([Cl])([Cl])[Cl].[Nb]. The van der Waals surface area contributed by atoms with Crippen LogP contribution in [-0.2, 0) is 34.7 Å². The standard InChI is InChI=1S/4ClH.Nb.Ti/h4*1H;;/q;;;;;+4/p-4. The summed E-state index contributed by atoms with van der Waals surface area (Å²) >= 11 is -3.11. The second-order valence-corrected chi connectivity index (χ2v) is 15.9. The molecule has 0 aromatic carbocycles. The fourth-order valence-corrected chi connectivity index (χ4v) is 0. The quantitative estimate of drug-likeness (QED) is 0.599. The molecule has 0 amide bonds. The molecule has 0 saturated carbocycles. The van der Waals surface area contributed by atoms with Gasteiger partial charge in [0.1, 0.15) is 0 Å². The van der Waals surface area contributed by atoms with Crippen molar-refractivity contribution in [2.45, 2.75) is 0 Å². The molecule has 0 aromatic heterocycles. The van der Waals surface area contributed by atoms with E-state index in [9.17, 15) is 0 Å². The molecule has 37 valence electrons. The van der Waals surface area contributed by atoms with Crippen molar-refractivity contribution in [3.05, 3.63) is 0 Å². The summed E-state index contributed by atoms with van der Waals surface area (Å²) in [6.45, 7) is 0. The van der Waals surface area contributed by atoms with Crippen molar-refractivity contribution >= 4 is 37.2 Å². The summed E-state index contributed by atoms with van der Waals surface area (Å²) in [5.41, 5.74) is 0. The number of hydrogen-bond acceptors (Lipinski definition) is 0. The van der Waals surface area contributed by atoms with Crippen LogP contribution in [0, 0.1) is 0 Å². The van der Waals surface area contributed by atoms with Crippen molar-refractivity contribution < 1.29 is 34.7 Å². The van der Waals surface area contributed by atoms with Crippen LogP contribution in [0.25, 0.3) is 0 Å². The van der Waals surface area contributed by atoms with Gasteiger partial charge in [0, 0.05) is 22.4 Å². The molecule has 0 heterocycles. The largest absolute Gasteiger partial charge is 0 e. The van der Waals surface area contributed by atoms with Crippen LogP contribution in [0.1, 0.15) is 0 Å². The van der Waals surface area contributed by atoms with E-state index in [1.165, 1.54) is 0 Å². The Morgan fingerprint density at radius 2 is 0.833 bits per heavy atom. The van der Waals surface area contributed by atoms with Crippen LogP contribution in [0.2, 0.25) is 0 Å². The van der Waals surface area contributed by atoms with Gasteiger partial charge in [-0.05, 0) is 0 Å². The average molecular weight is 283 g/mol. The molecule has 0 bridgehead atoms. The van der Waals surface area contributed by atoms with Crippen LogP contribution in [0.15, 0.2) is 0 Å². The van der Waals surface area contributed by atoms with Crippen molar-refractivity contribution in [2.75, 3.05) is 0 Å². The van der Waals surface area contributed by atoms with Gasteiger partial charge in [0.25, 0.3) is 0 Å². The minimum atomic E-state index is -3.11. The van der Waals surface area contributed by atoms with Gasteiger partial charge in [-0.1, -0.05) is 0 Å². The molecule has 0 spiro atoms. The van der Waals surface area contributed by atoms with Gasteiger partial charge in [0.15, 0.2) is 0 Å². The Bertz CT molecular complexity index is 23.0. The molecule has 0 aliphatic carbocycles. The second kappa shape index (κ2) is 4.49. The molecule has 0 fully saturated rings. The zero-order valence-corrected chi connectivity index (χ0v) is 9.24. The van der Waals surface area contributed by atoms with Crippen molar-refractivity contribution in [3.8, 4) is 0 Å². The van der Waals surface area contributed by atoms with Crippen LogP contribution in [0.5, 0.6) is 0 Å². The summed E-state index contributed by atoms with van der Waals surface area (Å²) in [6.07, 6.45) is 0. The van der Waals surface area contributed by atoms with Gasteiger partial charge < -0.3 is 0 Å². The van der Waals surface area contributed by atoms with Gasteiger partial charge in [0.2, 0.25) is 0 Å². The molecule has 0 rings (SSSR count). The maximum absolute atomic E-state index is 5.01. The van der Waals surface area contributed by atoms with E-state index in [-0.39, 0.29) is 22.4 Å². The molecule has 1 radical (unpaired) electrons. The predicted molar refractivity (Wildman–Crippen MR) is 23.4 cm³/mol. The number of hydrogen-bond donors (Lipinski definition) is 0. The Hall–Kier alpha value is 2.61.